The number of aromatic nitrogens is 1. The summed E-state index contributed by atoms with van der Waals surface area (Å²) in [7, 11) is 0. The van der Waals surface area contributed by atoms with Crippen molar-refractivity contribution in [1.29, 1.82) is 0 Å². The first kappa shape index (κ1) is 10.9. The predicted molar refractivity (Wildman–Crippen MR) is 65.2 cm³/mol. The Morgan fingerprint density at radius 1 is 1.47 bits per heavy atom. The fourth-order valence-electron chi connectivity index (χ4n) is 1.16. The number of thiazole rings is 1. The van der Waals surface area contributed by atoms with Crippen molar-refractivity contribution in [2.24, 2.45) is 0 Å². The lowest BCUT2D eigenvalue weighted by Crippen LogP contribution is -1.84. The van der Waals surface area contributed by atoms with Gasteiger partial charge in [0.15, 0.2) is 0 Å². The minimum atomic E-state index is -0.306. The van der Waals surface area contributed by atoms with Crippen molar-refractivity contribution in [1.82, 2.24) is 4.98 Å². The Kier molecular flexibility index (Phi) is 3.29. The number of halogens is 2. The highest BCUT2D eigenvalue weighted by molar-refractivity contribution is 7.79. The summed E-state index contributed by atoms with van der Waals surface area (Å²) in [5, 5.41) is 3.01. The quantitative estimate of drug-likeness (QED) is 0.804. The molecule has 15 heavy (non-hydrogen) atoms. The van der Waals surface area contributed by atoms with Gasteiger partial charge >= 0.3 is 0 Å². The zero-order valence-electron chi connectivity index (χ0n) is 7.58. The molecule has 0 aliphatic rings. The Morgan fingerprint density at radius 3 is 2.93 bits per heavy atom. The number of hydrogen-bond acceptors (Lipinski definition) is 3. The maximum Gasteiger partial charge on any atom is 0.133 e. The van der Waals surface area contributed by atoms with Crippen LogP contribution in [0.5, 0.6) is 0 Å². The second kappa shape index (κ2) is 4.51. The SMILES string of the molecule is Fc1ccc(Cl)cc1-c1nc(CS)cs1. The average molecular weight is 260 g/mol. The maximum atomic E-state index is 13.5. The zero-order valence-corrected chi connectivity index (χ0v) is 10.0. The molecule has 0 atom stereocenters. The van der Waals surface area contributed by atoms with Gasteiger partial charge in [-0.2, -0.15) is 12.6 Å². The number of hydrogen-bond donors (Lipinski definition) is 1. The molecular formula is C10H7ClFNS2. The minimum Gasteiger partial charge on any atom is -0.240 e. The van der Waals surface area contributed by atoms with Gasteiger partial charge in [-0.25, -0.2) is 9.37 Å². The minimum absolute atomic E-state index is 0.306. The van der Waals surface area contributed by atoms with Crippen LogP contribution in [0, 0.1) is 5.82 Å². The lowest BCUT2D eigenvalue weighted by atomic mass is 10.2. The Balaban J connectivity index is 2.48. The van der Waals surface area contributed by atoms with Crippen LogP contribution < -0.4 is 0 Å². The smallest absolute Gasteiger partial charge is 0.133 e. The fraction of sp³-hybridized carbons (Fsp3) is 0.100. The van der Waals surface area contributed by atoms with Crippen LogP contribution in [0.3, 0.4) is 0 Å². The van der Waals surface area contributed by atoms with E-state index in [2.05, 4.69) is 17.6 Å². The van der Waals surface area contributed by atoms with Crippen molar-refractivity contribution < 1.29 is 4.39 Å². The molecule has 1 aromatic carbocycles. The lowest BCUT2D eigenvalue weighted by molar-refractivity contribution is 0.631. The number of rotatable bonds is 2. The molecule has 2 aromatic rings. The standard InChI is InChI=1S/C10H7ClFNS2/c11-6-1-2-9(12)8(3-6)10-13-7(4-14)5-15-10/h1-3,5,14H,4H2. The van der Waals surface area contributed by atoms with Crippen LogP contribution in [0.2, 0.25) is 5.02 Å². The third-order valence-corrected chi connectivity index (χ3v) is 3.36. The van der Waals surface area contributed by atoms with Crippen LogP contribution in [0.1, 0.15) is 5.69 Å². The van der Waals surface area contributed by atoms with Gasteiger partial charge in [0.25, 0.3) is 0 Å². The third kappa shape index (κ3) is 2.33. The number of thiol groups is 1. The maximum absolute atomic E-state index is 13.5. The molecule has 0 amide bonds. The van der Waals surface area contributed by atoms with E-state index in [0.29, 0.717) is 21.3 Å². The second-order valence-electron chi connectivity index (χ2n) is 2.93. The van der Waals surface area contributed by atoms with Gasteiger partial charge in [0.1, 0.15) is 10.8 Å². The molecule has 0 unspecified atom stereocenters. The zero-order chi connectivity index (χ0) is 10.8. The summed E-state index contributed by atoms with van der Waals surface area (Å²) in [6.07, 6.45) is 0. The molecule has 0 spiro atoms. The van der Waals surface area contributed by atoms with E-state index in [-0.39, 0.29) is 5.82 Å². The Bertz CT molecular complexity index is 484. The lowest BCUT2D eigenvalue weighted by Gasteiger charge is -1.99. The van der Waals surface area contributed by atoms with Crippen LogP contribution in [0.25, 0.3) is 10.6 Å². The van der Waals surface area contributed by atoms with Gasteiger partial charge in [-0.3, -0.25) is 0 Å². The van der Waals surface area contributed by atoms with E-state index in [1.54, 1.807) is 6.07 Å². The van der Waals surface area contributed by atoms with Crippen molar-refractivity contribution in [2.75, 3.05) is 0 Å². The summed E-state index contributed by atoms with van der Waals surface area (Å²) in [6, 6.07) is 4.45. The summed E-state index contributed by atoms with van der Waals surface area (Å²) in [5.41, 5.74) is 1.29. The molecule has 0 fully saturated rings. The van der Waals surface area contributed by atoms with Gasteiger partial charge in [0.05, 0.1) is 5.69 Å². The van der Waals surface area contributed by atoms with Gasteiger partial charge in [-0.1, -0.05) is 11.6 Å². The van der Waals surface area contributed by atoms with E-state index in [9.17, 15) is 4.39 Å². The van der Waals surface area contributed by atoms with E-state index >= 15 is 0 Å². The Labute approximate surface area is 101 Å². The molecule has 0 bridgehead atoms. The summed E-state index contributed by atoms with van der Waals surface area (Å²) >= 11 is 11.3. The molecule has 0 saturated heterocycles. The third-order valence-electron chi connectivity index (χ3n) is 1.87. The topological polar surface area (TPSA) is 12.9 Å². The van der Waals surface area contributed by atoms with Crippen molar-refractivity contribution in [3.63, 3.8) is 0 Å². The summed E-state index contributed by atoms with van der Waals surface area (Å²) in [4.78, 5) is 4.24. The van der Waals surface area contributed by atoms with Crippen LogP contribution in [-0.2, 0) is 5.75 Å². The van der Waals surface area contributed by atoms with E-state index in [1.165, 1.54) is 23.5 Å². The highest BCUT2D eigenvalue weighted by Gasteiger charge is 2.09. The van der Waals surface area contributed by atoms with Gasteiger partial charge in [0.2, 0.25) is 0 Å². The van der Waals surface area contributed by atoms with Crippen molar-refractivity contribution in [3.05, 3.63) is 40.1 Å². The van der Waals surface area contributed by atoms with Gasteiger partial charge in [0, 0.05) is 21.7 Å². The molecule has 5 heteroatoms. The van der Waals surface area contributed by atoms with Crippen molar-refractivity contribution in [2.45, 2.75) is 5.75 Å². The first-order valence-electron chi connectivity index (χ1n) is 4.21. The Hall–Kier alpha value is -0.580. The normalized spacial score (nSPS) is 10.6. The van der Waals surface area contributed by atoms with Crippen molar-refractivity contribution in [3.8, 4) is 10.6 Å². The van der Waals surface area contributed by atoms with E-state index in [1.807, 2.05) is 5.38 Å². The molecule has 0 aliphatic carbocycles. The predicted octanol–water partition coefficient (Wildman–Crippen LogP) is 4.03. The molecule has 0 N–H and O–H groups in total. The van der Waals surface area contributed by atoms with Crippen LogP contribution in [0.15, 0.2) is 23.6 Å². The average Bonchev–Trinajstić information content (AvgIpc) is 2.70. The first-order chi connectivity index (χ1) is 7.20. The highest BCUT2D eigenvalue weighted by atomic mass is 35.5. The summed E-state index contributed by atoms with van der Waals surface area (Å²) < 4.78 is 13.5. The molecule has 0 aliphatic heterocycles. The van der Waals surface area contributed by atoms with E-state index in [0.717, 1.165) is 5.69 Å². The molecule has 1 nitrogen and oxygen atoms in total. The largest absolute Gasteiger partial charge is 0.240 e. The van der Waals surface area contributed by atoms with Crippen LogP contribution >= 0.6 is 35.6 Å². The number of benzene rings is 1. The van der Waals surface area contributed by atoms with E-state index in [4.69, 9.17) is 11.6 Å². The van der Waals surface area contributed by atoms with E-state index < -0.39 is 0 Å². The van der Waals surface area contributed by atoms with Gasteiger partial charge < -0.3 is 0 Å². The molecule has 78 valence electrons. The molecular weight excluding hydrogens is 253 g/mol. The highest BCUT2D eigenvalue weighted by Crippen LogP contribution is 2.28. The number of nitrogens with zero attached hydrogens (tertiary/aromatic N) is 1. The van der Waals surface area contributed by atoms with Crippen molar-refractivity contribution >= 4 is 35.6 Å². The molecule has 1 aromatic heterocycles. The molecule has 0 radical (unpaired) electrons. The Morgan fingerprint density at radius 2 is 2.27 bits per heavy atom. The molecule has 1 heterocycles. The van der Waals surface area contributed by atoms with Gasteiger partial charge in [-0.05, 0) is 18.2 Å². The summed E-state index contributed by atoms with van der Waals surface area (Å²) in [5.74, 6) is 0.248. The first-order valence-corrected chi connectivity index (χ1v) is 6.10. The molecule has 2 rings (SSSR count). The second-order valence-corrected chi connectivity index (χ2v) is 4.54. The summed E-state index contributed by atoms with van der Waals surface area (Å²) in [6.45, 7) is 0. The van der Waals surface area contributed by atoms with Gasteiger partial charge in [-0.15, -0.1) is 11.3 Å². The fourth-order valence-corrected chi connectivity index (χ4v) is 2.46. The van der Waals surface area contributed by atoms with Crippen LogP contribution in [0.4, 0.5) is 4.39 Å². The monoisotopic (exact) mass is 259 g/mol. The molecule has 0 saturated carbocycles. The van der Waals surface area contributed by atoms with Crippen LogP contribution in [-0.4, -0.2) is 4.98 Å².